The van der Waals surface area contributed by atoms with Gasteiger partial charge < -0.3 is 36.2 Å². The average Bonchev–Trinajstić information content (AvgIpc) is 3.64. The highest BCUT2D eigenvalue weighted by Crippen LogP contribution is 2.32. The highest BCUT2D eigenvalue weighted by atomic mass is 16.5. The lowest BCUT2D eigenvalue weighted by atomic mass is 10.1. The molecule has 8 N–H and O–H groups in total. The molecular formula is C27H30N8O5. The monoisotopic (exact) mass is 546 g/mol. The molecule has 0 bridgehead atoms. The van der Waals surface area contributed by atoms with Crippen LogP contribution in [-0.4, -0.2) is 49.0 Å². The third-order valence-corrected chi connectivity index (χ3v) is 7.15. The number of primary amides is 2. The molecule has 1 saturated carbocycles. The van der Waals surface area contributed by atoms with Gasteiger partial charge in [-0.25, -0.2) is 9.97 Å². The summed E-state index contributed by atoms with van der Waals surface area (Å²) in [5.74, 6) is -0.858. The van der Waals surface area contributed by atoms with Crippen LogP contribution < -0.4 is 27.3 Å². The number of hydrogen-bond acceptors (Lipinski definition) is 8. The Morgan fingerprint density at radius 1 is 0.975 bits per heavy atom. The quantitative estimate of drug-likeness (QED) is 0.196. The number of fused-ring (bicyclic) bond motifs is 2. The molecule has 3 amide bonds. The second kappa shape index (κ2) is 10.6. The van der Waals surface area contributed by atoms with Gasteiger partial charge in [0, 0.05) is 30.1 Å². The van der Waals surface area contributed by atoms with Gasteiger partial charge in [0.2, 0.25) is 29.6 Å². The lowest BCUT2D eigenvalue weighted by molar-refractivity contribution is -0.119. The molecular weight excluding hydrogens is 516 g/mol. The van der Waals surface area contributed by atoms with E-state index in [4.69, 9.17) is 21.9 Å². The summed E-state index contributed by atoms with van der Waals surface area (Å²) in [6, 6.07) is 5.84. The first-order valence-electron chi connectivity index (χ1n) is 12.8. The van der Waals surface area contributed by atoms with Crippen molar-refractivity contribution in [2.24, 2.45) is 17.4 Å². The minimum Gasteiger partial charge on any atom is -0.506 e. The van der Waals surface area contributed by atoms with Crippen molar-refractivity contribution < 1.29 is 24.2 Å². The fourth-order valence-corrected chi connectivity index (χ4v) is 5.15. The fraction of sp³-hybridized carbons (Fsp3) is 0.296. The number of aromatic hydroxyl groups is 1. The van der Waals surface area contributed by atoms with E-state index in [1.54, 1.807) is 15.2 Å². The molecule has 0 atom stereocenters. The number of nitrogens with zero attached hydrogens (tertiary/aromatic N) is 4. The number of methoxy groups -OCH3 is 1. The van der Waals surface area contributed by atoms with Gasteiger partial charge in [0.1, 0.15) is 22.5 Å². The van der Waals surface area contributed by atoms with Crippen molar-refractivity contribution in [2.45, 2.75) is 38.8 Å². The summed E-state index contributed by atoms with van der Waals surface area (Å²) < 4.78 is 8.84. The zero-order valence-corrected chi connectivity index (χ0v) is 21.9. The van der Waals surface area contributed by atoms with E-state index in [-0.39, 0.29) is 47.1 Å². The normalized spacial score (nSPS) is 13.9. The lowest BCUT2D eigenvalue weighted by Gasteiger charge is -2.12. The Balaban J connectivity index is 1.46. The average molecular weight is 547 g/mol. The van der Waals surface area contributed by atoms with E-state index in [0.29, 0.717) is 34.4 Å². The number of hydrogen-bond donors (Lipinski definition) is 5. The SMILES string of the molecule is COc1cc(C(N)=O)cc2nc(N)n(C/C=C/Cn3c(NC(=O)C4CCCC4)nc4cc(C(N)=O)cc(O)c43)c12. The number of ether oxygens (including phenoxy) is 1. The molecule has 40 heavy (non-hydrogen) atoms. The van der Waals surface area contributed by atoms with Crippen LogP contribution in [0.4, 0.5) is 11.9 Å². The molecule has 4 aromatic rings. The van der Waals surface area contributed by atoms with Gasteiger partial charge in [-0.05, 0) is 37.1 Å². The third kappa shape index (κ3) is 4.88. The van der Waals surface area contributed by atoms with Crippen molar-refractivity contribution in [3.63, 3.8) is 0 Å². The van der Waals surface area contributed by atoms with Crippen molar-refractivity contribution in [3.8, 4) is 11.5 Å². The zero-order valence-electron chi connectivity index (χ0n) is 21.9. The van der Waals surface area contributed by atoms with Gasteiger partial charge in [-0.15, -0.1) is 0 Å². The minimum absolute atomic E-state index is 0.0962. The molecule has 2 aromatic carbocycles. The number of nitrogen functional groups attached to an aromatic ring is 1. The minimum atomic E-state index is -0.702. The van der Waals surface area contributed by atoms with Crippen molar-refractivity contribution in [2.75, 3.05) is 18.2 Å². The Bertz CT molecular complexity index is 1680. The second-order valence-electron chi connectivity index (χ2n) is 9.71. The van der Waals surface area contributed by atoms with Crippen molar-refractivity contribution in [1.29, 1.82) is 0 Å². The summed E-state index contributed by atoms with van der Waals surface area (Å²) in [4.78, 5) is 45.1. The maximum Gasteiger partial charge on any atom is 0.248 e. The number of rotatable bonds is 9. The summed E-state index contributed by atoms with van der Waals surface area (Å²) in [5.41, 5.74) is 19.1. The number of benzene rings is 2. The van der Waals surface area contributed by atoms with E-state index in [1.165, 1.54) is 25.3 Å². The molecule has 0 spiro atoms. The van der Waals surface area contributed by atoms with E-state index in [9.17, 15) is 19.5 Å². The van der Waals surface area contributed by atoms with E-state index >= 15 is 0 Å². The Hall–Kier alpha value is -5.07. The topological polar surface area (TPSA) is 206 Å². The van der Waals surface area contributed by atoms with Crippen molar-refractivity contribution in [3.05, 3.63) is 47.5 Å². The van der Waals surface area contributed by atoms with Gasteiger partial charge >= 0.3 is 0 Å². The maximum atomic E-state index is 12.9. The van der Waals surface area contributed by atoms with E-state index in [1.807, 2.05) is 12.2 Å². The molecule has 0 unspecified atom stereocenters. The molecule has 5 rings (SSSR count). The van der Waals surface area contributed by atoms with Gasteiger partial charge in [-0.1, -0.05) is 25.0 Å². The van der Waals surface area contributed by atoms with Gasteiger partial charge in [0.15, 0.2) is 0 Å². The van der Waals surface area contributed by atoms with E-state index in [0.717, 1.165) is 25.7 Å². The summed E-state index contributed by atoms with van der Waals surface area (Å²) in [6.45, 7) is 0.540. The molecule has 2 aromatic heterocycles. The predicted molar refractivity (Wildman–Crippen MR) is 149 cm³/mol. The summed E-state index contributed by atoms with van der Waals surface area (Å²) in [7, 11) is 1.48. The van der Waals surface area contributed by atoms with Gasteiger partial charge in [0.05, 0.1) is 18.1 Å². The number of carbonyl (C=O) groups is 3. The molecule has 13 heteroatoms. The molecule has 208 valence electrons. The number of nitrogens with two attached hydrogens (primary N) is 3. The number of allylic oxidation sites excluding steroid dienone is 2. The van der Waals surface area contributed by atoms with Crippen LogP contribution in [0.25, 0.3) is 22.1 Å². The van der Waals surface area contributed by atoms with Gasteiger partial charge in [0.25, 0.3) is 0 Å². The summed E-state index contributed by atoms with van der Waals surface area (Å²) in [5, 5.41) is 13.6. The summed E-state index contributed by atoms with van der Waals surface area (Å²) >= 11 is 0. The Kier molecular flexibility index (Phi) is 7.03. The Morgan fingerprint density at radius 3 is 2.20 bits per heavy atom. The molecule has 1 aliphatic rings. The number of amides is 3. The van der Waals surface area contributed by atoms with Crippen LogP contribution in [0.15, 0.2) is 36.4 Å². The van der Waals surface area contributed by atoms with Crippen LogP contribution in [0.3, 0.4) is 0 Å². The number of nitrogens with one attached hydrogen (secondary N) is 1. The smallest absolute Gasteiger partial charge is 0.248 e. The number of phenolic OH excluding ortho intramolecular Hbond substituents is 1. The van der Waals surface area contributed by atoms with Crippen LogP contribution in [0.1, 0.15) is 46.4 Å². The zero-order chi connectivity index (χ0) is 28.6. The summed E-state index contributed by atoms with van der Waals surface area (Å²) in [6.07, 6.45) is 7.29. The highest BCUT2D eigenvalue weighted by molar-refractivity contribution is 6.00. The van der Waals surface area contributed by atoms with Crippen molar-refractivity contribution >= 4 is 51.7 Å². The van der Waals surface area contributed by atoms with Crippen LogP contribution in [0.5, 0.6) is 11.5 Å². The standard InChI is InChI=1S/C27H30N8O5/c1-40-20-13-16(24(29)38)11-18-22(20)34(26(30)31-18)8-4-5-9-35-21-17(10-15(23(28)37)12-19(21)36)32-27(35)33-25(39)14-6-2-3-7-14/h4-5,10-14,36H,2-3,6-9H2,1H3,(H2,28,37)(H2,29,38)(H2,30,31)(H,32,33,39)/b5-4+. The molecule has 2 heterocycles. The highest BCUT2D eigenvalue weighted by Gasteiger charge is 2.25. The number of aromatic nitrogens is 4. The third-order valence-electron chi connectivity index (χ3n) is 7.15. The molecule has 0 aliphatic heterocycles. The molecule has 13 nitrogen and oxygen atoms in total. The molecule has 1 fully saturated rings. The molecule has 0 saturated heterocycles. The first-order valence-corrected chi connectivity index (χ1v) is 12.8. The van der Waals surface area contributed by atoms with Gasteiger partial charge in [-0.3, -0.25) is 19.7 Å². The predicted octanol–water partition coefficient (Wildman–Crippen LogP) is 2.27. The first kappa shape index (κ1) is 26.5. The number of phenols is 1. The van der Waals surface area contributed by atoms with Crippen LogP contribution >= 0.6 is 0 Å². The van der Waals surface area contributed by atoms with Crippen LogP contribution in [0, 0.1) is 5.92 Å². The fourth-order valence-electron chi connectivity index (χ4n) is 5.15. The Labute approximate surface area is 228 Å². The largest absolute Gasteiger partial charge is 0.506 e. The maximum absolute atomic E-state index is 12.9. The molecule has 1 aliphatic carbocycles. The Morgan fingerprint density at radius 2 is 1.57 bits per heavy atom. The number of imidazole rings is 2. The van der Waals surface area contributed by atoms with E-state index in [2.05, 4.69) is 15.3 Å². The first-order chi connectivity index (χ1) is 19.2. The van der Waals surface area contributed by atoms with Crippen molar-refractivity contribution in [1.82, 2.24) is 19.1 Å². The van der Waals surface area contributed by atoms with Crippen LogP contribution in [0.2, 0.25) is 0 Å². The van der Waals surface area contributed by atoms with E-state index < -0.39 is 11.8 Å². The number of carbonyl (C=O) groups excluding carboxylic acids is 3. The van der Waals surface area contributed by atoms with Crippen LogP contribution in [-0.2, 0) is 17.9 Å². The van der Waals surface area contributed by atoms with Gasteiger partial charge in [-0.2, -0.15) is 0 Å². The second-order valence-corrected chi connectivity index (χ2v) is 9.71. The number of anilines is 2. The molecule has 0 radical (unpaired) electrons. The lowest BCUT2D eigenvalue weighted by Crippen LogP contribution is -2.22.